The number of hydrogen-bond acceptors (Lipinski definition) is 4. The van der Waals surface area contributed by atoms with E-state index in [0.717, 1.165) is 18.0 Å². The van der Waals surface area contributed by atoms with Gasteiger partial charge in [-0.15, -0.1) is 0 Å². The zero-order valence-electron chi connectivity index (χ0n) is 19.9. The largest absolute Gasteiger partial charge is 0.497 e. The van der Waals surface area contributed by atoms with E-state index in [1.54, 1.807) is 7.11 Å². The minimum atomic E-state index is -0.325. The van der Waals surface area contributed by atoms with Crippen molar-refractivity contribution in [2.45, 2.75) is 36.3 Å². The van der Waals surface area contributed by atoms with Crippen molar-refractivity contribution in [1.82, 2.24) is 9.88 Å². The summed E-state index contributed by atoms with van der Waals surface area (Å²) in [4.78, 5) is 13.5. The maximum atomic E-state index is 5.83. The van der Waals surface area contributed by atoms with E-state index in [-0.39, 0.29) is 11.1 Å². The second-order valence-corrected chi connectivity index (χ2v) is 10.6. The van der Waals surface area contributed by atoms with Crippen molar-refractivity contribution >= 4 is 5.71 Å². The molecule has 0 N–H and O–H groups in total. The monoisotopic (exact) mass is 449 g/mol. The van der Waals surface area contributed by atoms with Crippen LogP contribution in [0.15, 0.2) is 84.0 Å². The molecule has 2 aromatic carbocycles. The summed E-state index contributed by atoms with van der Waals surface area (Å²) in [7, 11) is 4.10. The number of hydrogen-bond donors (Lipinski definition) is 0. The van der Waals surface area contributed by atoms with Crippen LogP contribution in [-0.2, 0) is 5.54 Å². The maximum Gasteiger partial charge on any atom is 0.126 e. The van der Waals surface area contributed by atoms with Gasteiger partial charge in [-0.3, -0.25) is 14.9 Å². The summed E-state index contributed by atoms with van der Waals surface area (Å²) < 4.78 is 5.50. The molecule has 172 valence electrons. The number of pyridine rings is 1. The standard InChI is InChI=1S/C30H31N3O/c1-33-19-24-26(20-13-15-22(34-2)16-14-20)27-23-11-8-17-29(23,33)30(24,25-12-6-7-18-31-25)32-28(27)21-9-4-3-5-10-21/h3-7,9-10,12-16,18,23-24,26-27H,8,11,17,19H2,1-2H3. The van der Waals surface area contributed by atoms with Crippen LogP contribution >= 0.6 is 0 Å². The van der Waals surface area contributed by atoms with E-state index in [1.165, 1.54) is 36.1 Å². The Morgan fingerprint density at radius 1 is 0.912 bits per heavy atom. The predicted molar refractivity (Wildman–Crippen MR) is 134 cm³/mol. The van der Waals surface area contributed by atoms with Gasteiger partial charge < -0.3 is 4.74 Å². The molecule has 5 aliphatic rings. The van der Waals surface area contributed by atoms with E-state index in [2.05, 4.69) is 78.7 Å². The zero-order chi connectivity index (χ0) is 22.9. The second kappa shape index (κ2) is 7.26. The van der Waals surface area contributed by atoms with Gasteiger partial charge in [0.25, 0.3) is 0 Å². The SMILES string of the molecule is COc1ccc(C2C3C(c4ccccc4)=NC4(c5ccccn5)C2CN(C)C42CCCC32)cc1. The Morgan fingerprint density at radius 3 is 2.44 bits per heavy atom. The maximum absolute atomic E-state index is 5.83. The van der Waals surface area contributed by atoms with E-state index >= 15 is 0 Å². The van der Waals surface area contributed by atoms with Crippen LogP contribution in [0.4, 0.5) is 0 Å². The number of ether oxygens (including phenoxy) is 1. The molecule has 4 nitrogen and oxygen atoms in total. The van der Waals surface area contributed by atoms with Gasteiger partial charge in [0.1, 0.15) is 11.3 Å². The molecule has 6 atom stereocenters. The lowest BCUT2D eigenvalue weighted by Crippen LogP contribution is -2.68. The Morgan fingerprint density at radius 2 is 1.71 bits per heavy atom. The molecule has 3 aromatic rings. The Hall–Kier alpha value is -2.98. The van der Waals surface area contributed by atoms with E-state index in [0.29, 0.717) is 23.7 Å². The minimum Gasteiger partial charge on any atom is -0.497 e. The molecular weight excluding hydrogens is 418 g/mol. The van der Waals surface area contributed by atoms with Crippen LogP contribution in [0.3, 0.4) is 0 Å². The summed E-state index contributed by atoms with van der Waals surface area (Å²) in [6, 6.07) is 26.2. The number of methoxy groups -OCH3 is 1. The fourth-order valence-electron chi connectivity index (χ4n) is 8.51. The summed E-state index contributed by atoms with van der Waals surface area (Å²) in [6.07, 6.45) is 5.69. The predicted octanol–water partition coefficient (Wildman–Crippen LogP) is 5.30. The molecule has 1 spiro atoms. The molecule has 0 radical (unpaired) electrons. The molecule has 4 heterocycles. The summed E-state index contributed by atoms with van der Waals surface area (Å²) in [6.45, 7) is 1.06. The van der Waals surface area contributed by atoms with Gasteiger partial charge in [-0.1, -0.05) is 55.0 Å². The van der Waals surface area contributed by atoms with Crippen molar-refractivity contribution in [3.8, 4) is 5.75 Å². The van der Waals surface area contributed by atoms with E-state index < -0.39 is 0 Å². The van der Waals surface area contributed by atoms with Crippen molar-refractivity contribution in [3.05, 3.63) is 95.8 Å². The van der Waals surface area contributed by atoms with Crippen molar-refractivity contribution in [3.63, 3.8) is 0 Å². The first-order valence-electron chi connectivity index (χ1n) is 12.6. The first kappa shape index (κ1) is 20.4. The second-order valence-electron chi connectivity index (χ2n) is 10.6. The van der Waals surface area contributed by atoms with Gasteiger partial charge in [0.2, 0.25) is 0 Å². The molecule has 4 bridgehead atoms. The number of rotatable bonds is 4. The molecule has 2 aliphatic carbocycles. The molecule has 6 unspecified atom stereocenters. The molecule has 4 heteroatoms. The summed E-state index contributed by atoms with van der Waals surface area (Å²) in [5, 5.41) is 0. The van der Waals surface area contributed by atoms with Crippen LogP contribution in [0, 0.1) is 17.8 Å². The number of aromatic nitrogens is 1. The van der Waals surface area contributed by atoms with Crippen LogP contribution in [0.2, 0.25) is 0 Å². The van der Waals surface area contributed by atoms with Crippen LogP contribution in [-0.4, -0.2) is 41.8 Å². The van der Waals surface area contributed by atoms with Crippen molar-refractivity contribution in [2.24, 2.45) is 22.7 Å². The van der Waals surface area contributed by atoms with Gasteiger partial charge >= 0.3 is 0 Å². The third kappa shape index (κ3) is 2.37. The van der Waals surface area contributed by atoms with Crippen LogP contribution < -0.4 is 4.74 Å². The highest BCUT2D eigenvalue weighted by Crippen LogP contribution is 2.73. The Balaban J connectivity index is 1.54. The molecule has 0 amide bonds. The number of nitrogens with zero attached hydrogens (tertiary/aromatic N) is 3. The third-order valence-electron chi connectivity index (χ3n) is 9.53. The van der Waals surface area contributed by atoms with Crippen LogP contribution in [0.25, 0.3) is 0 Å². The lowest BCUT2D eigenvalue weighted by atomic mass is 9.47. The Labute approximate surface area is 201 Å². The summed E-state index contributed by atoms with van der Waals surface area (Å²) in [5.41, 5.74) is 4.86. The smallest absolute Gasteiger partial charge is 0.126 e. The Bertz CT molecular complexity index is 1240. The third-order valence-corrected chi connectivity index (χ3v) is 9.53. The molecule has 2 saturated carbocycles. The Kier molecular flexibility index (Phi) is 4.35. The lowest BCUT2D eigenvalue weighted by molar-refractivity contribution is -0.0141. The molecule has 8 rings (SSSR count). The molecule has 1 saturated heterocycles. The number of likely N-dealkylation sites (N-methyl/N-ethyl adjacent to an activating group) is 1. The van der Waals surface area contributed by atoms with Gasteiger partial charge in [0.15, 0.2) is 0 Å². The van der Waals surface area contributed by atoms with Gasteiger partial charge in [-0.2, -0.15) is 0 Å². The normalized spacial score (nSPS) is 35.8. The first-order chi connectivity index (χ1) is 16.7. The molecule has 3 aliphatic heterocycles. The molecule has 1 aromatic heterocycles. The highest BCUT2D eigenvalue weighted by molar-refractivity contribution is 6.05. The highest BCUT2D eigenvalue weighted by atomic mass is 16.5. The fourth-order valence-corrected chi connectivity index (χ4v) is 8.51. The fraction of sp³-hybridized carbons (Fsp3) is 0.400. The average molecular weight is 450 g/mol. The first-order valence-corrected chi connectivity index (χ1v) is 12.6. The van der Waals surface area contributed by atoms with E-state index in [1.807, 2.05) is 12.3 Å². The molecule has 34 heavy (non-hydrogen) atoms. The van der Waals surface area contributed by atoms with E-state index in [9.17, 15) is 0 Å². The van der Waals surface area contributed by atoms with Crippen molar-refractivity contribution < 1.29 is 4.74 Å². The summed E-state index contributed by atoms with van der Waals surface area (Å²) in [5.74, 6) is 2.70. The molecule has 3 fully saturated rings. The minimum absolute atomic E-state index is 0.0535. The van der Waals surface area contributed by atoms with E-state index in [4.69, 9.17) is 14.7 Å². The topological polar surface area (TPSA) is 37.7 Å². The molecular formula is C30H31N3O. The lowest BCUT2D eigenvalue weighted by Gasteiger charge is -2.61. The summed E-state index contributed by atoms with van der Waals surface area (Å²) >= 11 is 0. The number of aliphatic imine (C=N–C) groups is 1. The highest BCUT2D eigenvalue weighted by Gasteiger charge is 2.78. The number of likely N-dealkylation sites (tertiary alicyclic amines) is 1. The van der Waals surface area contributed by atoms with Gasteiger partial charge in [0.05, 0.1) is 18.3 Å². The van der Waals surface area contributed by atoms with Gasteiger partial charge in [-0.05, 0) is 67.1 Å². The van der Waals surface area contributed by atoms with Crippen LogP contribution in [0.1, 0.15) is 42.0 Å². The quantitative estimate of drug-likeness (QED) is 0.542. The average Bonchev–Trinajstić information content (AvgIpc) is 3.45. The van der Waals surface area contributed by atoms with Crippen molar-refractivity contribution in [2.75, 3.05) is 20.7 Å². The van der Waals surface area contributed by atoms with Crippen LogP contribution in [0.5, 0.6) is 5.75 Å². The van der Waals surface area contributed by atoms with Gasteiger partial charge in [0, 0.05) is 30.3 Å². The van der Waals surface area contributed by atoms with Crippen molar-refractivity contribution in [1.29, 1.82) is 0 Å². The number of benzene rings is 2. The van der Waals surface area contributed by atoms with Gasteiger partial charge in [-0.25, -0.2) is 0 Å². The zero-order valence-corrected chi connectivity index (χ0v) is 19.9.